The van der Waals surface area contributed by atoms with Gasteiger partial charge in [-0.15, -0.1) is 0 Å². The van der Waals surface area contributed by atoms with Crippen molar-refractivity contribution >= 4 is 5.96 Å². The predicted octanol–water partition coefficient (Wildman–Crippen LogP) is 3.21. The van der Waals surface area contributed by atoms with Gasteiger partial charge in [0.25, 0.3) is 0 Å². The van der Waals surface area contributed by atoms with Crippen LogP contribution in [0.2, 0.25) is 0 Å². The Labute approximate surface area is 127 Å². The van der Waals surface area contributed by atoms with Crippen molar-refractivity contribution in [3.8, 4) is 5.75 Å². The number of benzene rings is 1. The number of nitrogens with two attached hydrogens (primary N) is 1. The molecule has 1 aliphatic carbocycles. The van der Waals surface area contributed by atoms with Crippen LogP contribution in [0.1, 0.15) is 51.5 Å². The summed E-state index contributed by atoms with van der Waals surface area (Å²) in [6.07, 6.45) is 6.70. The number of nitrogens with zero attached hydrogens (tertiary/aromatic N) is 1. The molecule has 0 spiro atoms. The van der Waals surface area contributed by atoms with Crippen molar-refractivity contribution in [1.82, 2.24) is 5.32 Å². The van der Waals surface area contributed by atoms with Crippen LogP contribution in [0.4, 0.5) is 0 Å². The largest absolute Gasteiger partial charge is 0.490 e. The summed E-state index contributed by atoms with van der Waals surface area (Å²) in [5.41, 5.74) is 6.93. The van der Waals surface area contributed by atoms with Crippen LogP contribution in [0.3, 0.4) is 0 Å². The molecule has 1 aromatic carbocycles. The molecule has 4 nitrogen and oxygen atoms in total. The zero-order valence-electron chi connectivity index (χ0n) is 13.1. The molecule has 116 valence electrons. The van der Waals surface area contributed by atoms with Crippen molar-refractivity contribution in [2.45, 2.75) is 64.6 Å². The first-order valence-corrected chi connectivity index (χ1v) is 7.95. The minimum Gasteiger partial charge on any atom is -0.490 e. The second kappa shape index (κ2) is 7.91. The van der Waals surface area contributed by atoms with Gasteiger partial charge in [-0.25, -0.2) is 4.99 Å². The van der Waals surface area contributed by atoms with Crippen LogP contribution in [0.5, 0.6) is 5.75 Å². The lowest BCUT2D eigenvalue weighted by molar-refractivity contribution is 0.155. The standard InChI is InChI=1S/C17H27N3O/c1-13(2)20-17(18)19-12-14-8-10-16(11-9-14)21-15-6-4-3-5-7-15/h8-11,13,15H,3-7,12H2,1-2H3,(H3,18,19,20). The first-order chi connectivity index (χ1) is 10.1. The van der Waals surface area contributed by atoms with E-state index in [-0.39, 0.29) is 0 Å². The number of nitrogens with one attached hydrogen (secondary N) is 1. The van der Waals surface area contributed by atoms with Gasteiger partial charge in [0.1, 0.15) is 5.75 Å². The third-order valence-electron chi connectivity index (χ3n) is 3.65. The minimum atomic E-state index is 0.306. The van der Waals surface area contributed by atoms with E-state index in [2.05, 4.69) is 22.4 Å². The van der Waals surface area contributed by atoms with Gasteiger partial charge in [-0.05, 0) is 57.2 Å². The van der Waals surface area contributed by atoms with Crippen LogP contribution in [-0.4, -0.2) is 18.1 Å². The number of guanidine groups is 1. The summed E-state index contributed by atoms with van der Waals surface area (Å²) < 4.78 is 6.02. The number of aliphatic imine (C=N–C) groups is 1. The van der Waals surface area contributed by atoms with Gasteiger partial charge >= 0.3 is 0 Å². The molecule has 1 fully saturated rings. The number of hydrogen-bond acceptors (Lipinski definition) is 2. The zero-order chi connectivity index (χ0) is 15.1. The summed E-state index contributed by atoms with van der Waals surface area (Å²) in [5, 5.41) is 3.08. The summed E-state index contributed by atoms with van der Waals surface area (Å²) in [4.78, 5) is 4.32. The summed E-state index contributed by atoms with van der Waals surface area (Å²) in [5.74, 6) is 1.45. The van der Waals surface area contributed by atoms with Gasteiger partial charge in [-0.2, -0.15) is 0 Å². The van der Waals surface area contributed by atoms with Crippen molar-refractivity contribution in [1.29, 1.82) is 0 Å². The zero-order valence-corrected chi connectivity index (χ0v) is 13.1. The molecule has 0 bridgehead atoms. The maximum Gasteiger partial charge on any atom is 0.189 e. The van der Waals surface area contributed by atoms with E-state index >= 15 is 0 Å². The van der Waals surface area contributed by atoms with Gasteiger partial charge in [-0.1, -0.05) is 18.6 Å². The summed E-state index contributed by atoms with van der Waals surface area (Å²) in [7, 11) is 0. The summed E-state index contributed by atoms with van der Waals surface area (Å²) >= 11 is 0. The maximum absolute atomic E-state index is 6.02. The maximum atomic E-state index is 6.02. The van der Waals surface area contributed by atoms with Gasteiger partial charge in [0.05, 0.1) is 12.6 Å². The van der Waals surface area contributed by atoms with E-state index in [4.69, 9.17) is 10.5 Å². The Hall–Kier alpha value is -1.71. The average Bonchev–Trinajstić information content (AvgIpc) is 2.47. The Bertz CT molecular complexity index is 448. The topological polar surface area (TPSA) is 59.6 Å². The second-order valence-electron chi connectivity index (χ2n) is 6.02. The monoisotopic (exact) mass is 289 g/mol. The molecule has 0 amide bonds. The highest BCUT2D eigenvalue weighted by Crippen LogP contribution is 2.23. The molecule has 0 saturated heterocycles. The van der Waals surface area contributed by atoms with E-state index in [1.165, 1.54) is 32.1 Å². The second-order valence-corrected chi connectivity index (χ2v) is 6.02. The van der Waals surface area contributed by atoms with Crippen LogP contribution >= 0.6 is 0 Å². The highest BCUT2D eigenvalue weighted by molar-refractivity contribution is 5.78. The lowest BCUT2D eigenvalue weighted by Gasteiger charge is -2.23. The Morgan fingerprint density at radius 1 is 1.24 bits per heavy atom. The SMILES string of the molecule is CC(C)NC(N)=NCc1ccc(OC2CCCCC2)cc1. The van der Waals surface area contributed by atoms with E-state index in [0.717, 1.165) is 11.3 Å². The Morgan fingerprint density at radius 3 is 2.52 bits per heavy atom. The highest BCUT2D eigenvalue weighted by Gasteiger charge is 2.14. The van der Waals surface area contributed by atoms with Crippen molar-refractivity contribution < 1.29 is 4.74 Å². The molecule has 1 aliphatic rings. The third kappa shape index (κ3) is 5.66. The lowest BCUT2D eigenvalue weighted by atomic mass is 9.98. The van der Waals surface area contributed by atoms with Gasteiger partial charge in [0, 0.05) is 6.04 Å². The molecule has 21 heavy (non-hydrogen) atoms. The molecule has 0 aromatic heterocycles. The van der Waals surface area contributed by atoms with E-state index in [0.29, 0.717) is 24.7 Å². The van der Waals surface area contributed by atoms with E-state index in [1.807, 2.05) is 26.0 Å². The molecule has 1 aromatic rings. The van der Waals surface area contributed by atoms with E-state index in [1.54, 1.807) is 0 Å². The van der Waals surface area contributed by atoms with Crippen LogP contribution in [0.15, 0.2) is 29.3 Å². The predicted molar refractivity (Wildman–Crippen MR) is 87.5 cm³/mol. The smallest absolute Gasteiger partial charge is 0.189 e. The fourth-order valence-electron chi connectivity index (χ4n) is 2.57. The molecule has 4 heteroatoms. The van der Waals surface area contributed by atoms with Gasteiger partial charge in [0.15, 0.2) is 5.96 Å². The highest BCUT2D eigenvalue weighted by atomic mass is 16.5. The van der Waals surface area contributed by atoms with Gasteiger partial charge < -0.3 is 15.8 Å². The fourth-order valence-corrected chi connectivity index (χ4v) is 2.57. The van der Waals surface area contributed by atoms with Crippen LogP contribution in [0.25, 0.3) is 0 Å². The van der Waals surface area contributed by atoms with Crippen molar-refractivity contribution in [3.63, 3.8) is 0 Å². The number of hydrogen-bond donors (Lipinski definition) is 2. The summed E-state index contributed by atoms with van der Waals surface area (Å²) in [6.45, 7) is 4.68. The normalized spacial score (nSPS) is 17.0. The minimum absolute atomic E-state index is 0.306. The molecule has 0 unspecified atom stereocenters. The Balaban J connectivity index is 1.83. The molecular weight excluding hydrogens is 262 g/mol. The molecule has 0 aliphatic heterocycles. The van der Waals surface area contributed by atoms with E-state index in [9.17, 15) is 0 Å². The number of rotatable bonds is 5. The van der Waals surface area contributed by atoms with Crippen molar-refractivity contribution in [2.24, 2.45) is 10.7 Å². The number of ether oxygens (including phenoxy) is 1. The van der Waals surface area contributed by atoms with Crippen LogP contribution in [0, 0.1) is 0 Å². The summed E-state index contributed by atoms with van der Waals surface area (Å²) in [6, 6.07) is 8.49. The van der Waals surface area contributed by atoms with E-state index < -0.39 is 0 Å². The molecular formula is C17H27N3O. The third-order valence-corrected chi connectivity index (χ3v) is 3.65. The molecule has 2 rings (SSSR count). The quantitative estimate of drug-likeness (QED) is 0.646. The Morgan fingerprint density at radius 2 is 1.90 bits per heavy atom. The molecule has 0 heterocycles. The Kier molecular flexibility index (Phi) is 5.90. The first kappa shape index (κ1) is 15.7. The first-order valence-electron chi connectivity index (χ1n) is 7.95. The van der Waals surface area contributed by atoms with Crippen molar-refractivity contribution in [2.75, 3.05) is 0 Å². The van der Waals surface area contributed by atoms with Crippen LogP contribution in [-0.2, 0) is 6.54 Å². The van der Waals surface area contributed by atoms with Gasteiger partial charge in [-0.3, -0.25) is 0 Å². The van der Waals surface area contributed by atoms with Gasteiger partial charge in [0.2, 0.25) is 0 Å². The molecule has 1 saturated carbocycles. The molecule has 0 radical (unpaired) electrons. The molecule has 0 atom stereocenters. The van der Waals surface area contributed by atoms with Crippen molar-refractivity contribution in [3.05, 3.63) is 29.8 Å². The molecule has 3 N–H and O–H groups in total. The van der Waals surface area contributed by atoms with Crippen LogP contribution < -0.4 is 15.8 Å². The lowest BCUT2D eigenvalue weighted by Crippen LogP contribution is -2.36. The average molecular weight is 289 g/mol. The fraction of sp³-hybridized carbons (Fsp3) is 0.588.